The standard InChI is InChI=1S/C35H62O3Si/c1-22(2)39(23(3)4,24(5)6)37-21-25(7)28-14-15-29-27-13-16-31-33(9,10)32(38-26(8)36)18-20-35(31,12)30(27)17-19-34(28,29)11/h16,22-25,27-30,32H,13-15,17-21H2,1-12H3/t25-,27?,28-,29?,30?,32+,34-,35-/m1/s1. The van der Waals surface area contributed by atoms with Gasteiger partial charge in [-0.2, -0.15) is 0 Å². The molecule has 39 heavy (non-hydrogen) atoms. The van der Waals surface area contributed by atoms with Crippen LogP contribution < -0.4 is 0 Å². The minimum atomic E-state index is -1.84. The van der Waals surface area contributed by atoms with Crippen molar-refractivity contribution in [3.8, 4) is 0 Å². The fourth-order valence-electron chi connectivity index (χ4n) is 11.7. The minimum Gasteiger partial charge on any atom is -0.462 e. The number of carbonyl (C=O) groups is 1. The monoisotopic (exact) mass is 558 g/mol. The Morgan fingerprint density at radius 3 is 2.08 bits per heavy atom. The van der Waals surface area contributed by atoms with E-state index in [1.807, 2.05) is 0 Å². The van der Waals surface area contributed by atoms with Crippen molar-refractivity contribution in [1.82, 2.24) is 0 Å². The van der Waals surface area contributed by atoms with Gasteiger partial charge in [-0.25, -0.2) is 0 Å². The number of ether oxygens (including phenoxy) is 1. The van der Waals surface area contributed by atoms with Crippen LogP contribution in [0, 0.1) is 45.8 Å². The lowest BCUT2D eigenvalue weighted by atomic mass is 9.44. The molecule has 0 saturated heterocycles. The van der Waals surface area contributed by atoms with Gasteiger partial charge in [0.1, 0.15) is 6.10 Å². The average molecular weight is 559 g/mol. The van der Waals surface area contributed by atoms with Gasteiger partial charge < -0.3 is 9.16 Å². The Hall–Kier alpha value is -0.613. The van der Waals surface area contributed by atoms with Crippen LogP contribution in [0.25, 0.3) is 0 Å². The second kappa shape index (κ2) is 10.9. The summed E-state index contributed by atoms with van der Waals surface area (Å²) in [6.07, 6.45) is 11.5. The maximum atomic E-state index is 11.9. The van der Waals surface area contributed by atoms with Gasteiger partial charge in [-0.3, -0.25) is 4.79 Å². The highest BCUT2D eigenvalue weighted by molar-refractivity contribution is 6.77. The summed E-state index contributed by atoms with van der Waals surface area (Å²) < 4.78 is 13.0. The highest BCUT2D eigenvalue weighted by Gasteiger charge is 2.61. The fourth-order valence-corrected chi connectivity index (χ4v) is 17.2. The third kappa shape index (κ3) is 4.94. The maximum Gasteiger partial charge on any atom is 0.302 e. The molecule has 4 rings (SSSR count). The fraction of sp³-hybridized carbons (Fsp3) is 0.914. The number of fused-ring (bicyclic) bond motifs is 5. The second-order valence-electron chi connectivity index (χ2n) is 16.3. The molecule has 224 valence electrons. The molecule has 0 aliphatic heterocycles. The lowest BCUT2D eigenvalue weighted by Gasteiger charge is -2.61. The summed E-state index contributed by atoms with van der Waals surface area (Å²) in [6, 6.07) is 0. The lowest BCUT2D eigenvalue weighted by Crippen LogP contribution is -2.55. The molecule has 3 fully saturated rings. The molecule has 4 heteroatoms. The molecular weight excluding hydrogens is 496 g/mol. The SMILES string of the molecule is CC(=O)O[C@H]1CC[C@@]2(C)C(=CCC3C2CC[C@@]2(C)C3CC[C@@H]2[C@H](C)CO[Si](C(C)C)(C(C)C)C(C)C)C1(C)C. The van der Waals surface area contributed by atoms with Crippen LogP contribution in [0.15, 0.2) is 11.6 Å². The van der Waals surface area contributed by atoms with Gasteiger partial charge in [-0.05, 0) is 102 Å². The van der Waals surface area contributed by atoms with Crippen molar-refractivity contribution >= 4 is 14.3 Å². The number of hydrogen-bond donors (Lipinski definition) is 0. The molecule has 4 aliphatic rings. The summed E-state index contributed by atoms with van der Waals surface area (Å²) >= 11 is 0. The summed E-state index contributed by atoms with van der Waals surface area (Å²) in [5.41, 5.74) is 4.14. The van der Waals surface area contributed by atoms with Gasteiger partial charge >= 0.3 is 5.97 Å². The Labute approximate surface area is 242 Å². The minimum absolute atomic E-state index is 0.00892. The first-order chi connectivity index (χ1) is 18.0. The Morgan fingerprint density at radius 1 is 0.897 bits per heavy atom. The lowest BCUT2D eigenvalue weighted by molar-refractivity contribution is -0.157. The maximum absolute atomic E-state index is 11.9. The number of carbonyl (C=O) groups excluding carboxylic acids is 1. The van der Waals surface area contributed by atoms with Crippen molar-refractivity contribution in [2.24, 2.45) is 45.8 Å². The van der Waals surface area contributed by atoms with Gasteiger partial charge in [-0.15, -0.1) is 0 Å². The second-order valence-corrected chi connectivity index (χ2v) is 21.8. The van der Waals surface area contributed by atoms with Crippen LogP contribution in [-0.2, 0) is 14.0 Å². The smallest absolute Gasteiger partial charge is 0.302 e. The largest absolute Gasteiger partial charge is 0.462 e. The van der Waals surface area contributed by atoms with E-state index in [2.05, 4.69) is 82.2 Å². The first kappa shape index (κ1) is 31.3. The van der Waals surface area contributed by atoms with Crippen LogP contribution >= 0.6 is 0 Å². The molecule has 0 bridgehead atoms. The predicted molar refractivity (Wildman–Crippen MR) is 166 cm³/mol. The van der Waals surface area contributed by atoms with Crippen LogP contribution in [0.5, 0.6) is 0 Å². The summed E-state index contributed by atoms with van der Waals surface area (Å²) in [5, 5.41) is 0. The van der Waals surface area contributed by atoms with Crippen LogP contribution in [0.4, 0.5) is 0 Å². The van der Waals surface area contributed by atoms with E-state index in [4.69, 9.17) is 9.16 Å². The number of allylic oxidation sites excluding steroid dienone is 1. The molecule has 3 nitrogen and oxygen atoms in total. The van der Waals surface area contributed by atoms with Crippen molar-refractivity contribution in [2.45, 2.75) is 151 Å². The molecule has 3 unspecified atom stereocenters. The molecule has 4 aliphatic carbocycles. The van der Waals surface area contributed by atoms with Gasteiger partial charge in [0.05, 0.1) is 0 Å². The average Bonchev–Trinajstić information content (AvgIpc) is 3.17. The van der Waals surface area contributed by atoms with Crippen molar-refractivity contribution in [1.29, 1.82) is 0 Å². The molecule has 0 spiro atoms. The normalized spacial score (nSPS) is 38.7. The van der Waals surface area contributed by atoms with E-state index >= 15 is 0 Å². The number of esters is 1. The zero-order chi connectivity index (χ0) is 29.1. The van der Waals surface area contributed by atoms with E-state index in [9.17, 15) is 4.79 Å². The first-order valence-corrected chi connectivity index (χ1v) is 18.7. The topological polar surface area (TPSA) is 35.5 Å². The number of hydrogen-bond acceptors (Lipinski definition) is 3. The van der Waals surface area contributed by atoms with E-state index in [1.54, 1.807) is 12.5 Å². The Balaban J connectivity index is 1.53. The van der Waals surface area contributed by atoms with Gasteiger partial charge in [0.2, 0.25) is 0 Å². The van der Waals surface area contributed by atoms with Crippen molar-refractivity contribution in [3.63, 3.8) is 0 Å². The molecular formula is C35H62O3Si. The highest BCUT2D eigenvalue weighted by atomic mass is 28.4. The van der Waals surface area contributed by atoms with Crippen molar-refractivity contribution in [3.05, 3.63) is 11.6 Å². The van der Waals surface area contributed by atoms with E-state index in [0.717, 1.165) is 43.1 Å². The molecule has 0 aromatic carbocycles. The molecule has 8 atom stereocenters. The summed E-state index contributed by atoms with van der Waals surface area (Å²) in [7, 11) is -1.84. The van der Waals surface area contributed by atoms with E-state index in [0.29, 0.717) is 28.0 Å². The van der Waals surface area contributed by atoms with Crippen LogP contribution in [0.3, 0.4) is 0 Å². The Kier molecular flexibility index (Phi) is 8.76. The summed E-state index contributed by atoms with van der Waals surface area (Å²) in [5.74, 6) is 3.66. The molecule has 0 aromatic heterocycles. The predicted octanol–water partition coefficient (Wildman–Crippen LogP) is 9.96. The van der Waals surface area contributed by atoms with E-state index in [1.165, 1.54) is 32.1 Å². The molecule has 0 N–H and O–H groups in total. The molecule has 0 aromatic rings. The van der Waals surface area contributed by atoms with Crippen molar-refractivity contribution < 1.29 is 14.0 Å². The highest BCUT2D eigenvalue weighted by Crippen LogP contribution is 2.69. The third-order valence-corrected chi connectivity index (χ3v) is 19.3. The van der Waals surface area contributed by atoms with Crippen LogP contribution in [-0.4, -0.2) is 27.0 Å². The first-order valence-electron chi connectivity index (χ1n) is 16.6. The quantitative estimate of drug-likeness (QED) is 0.169. The third-order valence-electron chi connectivity index (χ3n) is 13.3. The van der Waals surface area contributed by atoms with Gasteiger partial charge in [0.25, 0.3) is 0 Å². The summed E-state index contributed by atoms with van der Waals surface area (Å²) in [6.45, 7) is 29.4. The zero-order valence-electron chi connectivity index (χ0n) is 27.7. The van der Waals surface area contributed by atoms with Gasteiger partial charge in [-0.1, -0.05) is 87.8 Å². The zero-order valence-corrected chi connectivity index (χ0v) is 28.7. The van der Waals surface area contributed by atoms with E-state index < -0.39 is 8.32 Å². The van der Waals surface area contributed by atoms with Crippen molar-refractivity contribution in [2.75, 3.05) is 6.61 Å². The van der Waals surface area contributed by atoms with Gasteiger partial charge in [0, 0.05) is 18.9 Å². The van der Waals surface area contributed by atoms with E-state index in [-0.39, 0.29) is 22.9 Å². The molecule has 3 saturated carbocycles. The number of rotatable bonds is 8. The molecule has 0 radical (unpaired) electrons. The van der Waals surface area contributed by atoms with Gasteiger partial charge in [0.15, 0.2) is 8.32 Å². The molecule has 0 heterocycles. The van der Waals surface area contributed by atoms with Crippen LogP contribution in [0.1, 0.15) is 128 Å². The Bertz CT molecular complexity index is 912. The summed E-state index contributed by atoms with van der Waals surface area (Å²) in [4.78, 5) is 11.9. The molecule has 0 amide bonds. The van der Waals surface area contributed by atoms with Crippen LogP contribution in [0.2, 0.25) is 16.6 Å². The Morgan fingerprint density at radius 2 is 1.51 bits per heavy atom.